The fraction of sp³-hybridized carbons (Fsp3) is 0.949. The highest BCUT2D eigenvalue weighted by Gasteiger charge is 2.30. The molecular weight excluding hydrogens is 1280 g/mol. The second kappa shape index (κ2) is 68.2. The van der Waals surface area contributed by atoms with Gasteiger partial charge in [-0.2, -0.15) is 0 Å². The van der Waals surface area contributed by atoms with Crippen molar-refractivity contribution in [2.75, 3.05) is 39.6 Å². The van der Waals surface area contributed by atoms with Gasteiger partial charge in [0.25, 0.3) is 0 Å². The molecule has 5 unspecified atom stereocenters. The first kappa shape index (κ1) is 96.1. The number of carbonyl (C=O) groups excluding carboxylic acids is 4. The maximum Gasteiger partial charge on any atom is 0.472 e. The number of rotatable bonds is 76. The quantitative estimate of drug-likeness (QED) is 0.0222. The largest absolute Gasteiger partial charge is 0.472 e. The van der Waals surface area contributed by atoms with Gasteiger partial charge in [-0.15, -0.1) is 0 Å². The van der Waals surface area contributed by atoms with Gasteiger partial charge in [0, 0.05) is 25.7 Å². The summed E-state index contributed by atoms with van der Waals surface area (Å²) in [6, 6.07) is 0. The van der Waals surface area contributed by atoms with Crippen LogP contribution in [0.1, 0.15) is 402 Å². The van der Waals surface area contributed by atoms with E-state index in [2.05, 4.69) is 55.4 Å². The molecule has 0 bridgehead atoms. The molecule has 0 amide bonds. The van der Waals surface area contributed by atoms with Gasteiger partial charge >= 0.3 is 39.5 Å². The number of unbranched alkanes of at least 4 members (excludes halogenated alkanes) is 40. The number of aliphatic hydroxyl groups is 1. The van der Waals surface area contributed by atoms with Crippen LogP contribution in [0.25, 0.3) is 0 Å². The molecule has 0 radical (unpaired) electrons. The average Bonchev–Trinajstić information content (AvgIpc) is 1.05. The van der Waals surface area contributed by atoms with Crippen LogP contribution in [-0.2, 0) is 65.4 Å². The summed E-state index contributed by atoms with van der Waals surface area (Å²) in [5, 5.41) is 10.6. The second-order valence-electron chi connectivity index (χ2n) is 29.9. The number of carbonyl (C=O) groups is 4. The van der Waals surface area contributed by atoms with Gasteiger partial charge in [-0.05, 0) is 49.4 Å². The van der Waals surface area contributed by atoms with E-state index in [1.807, 2.05) is 0 Å². The van der Waals surface area contributed by atoms with E-state index in [-0.39, 0.29) is 25.7 Å². The zero-order chi connectivity index (χ0) is 72.4. The van der Waals surface area contributed by atoms with Crippen LogP contribution in [0.15, 0.2) is 0 Å². The van der Waals surface area contributed by atoms with E-state index in [4.69, 9.17) is 37.0 Å². The molecule has 0 fully saturated rings. The molecule has 0 aliphatic carbocycles. The number of aliphatic hydroxyl groups excluding tert-OH is 1. The van der Waals surface area contributed by atoms with Crippen LogP contribution < -0.4 is 0 Å². The number of phosphoric acid groups is 2. The molecule has 17 nitrogen and oxygen atoms in total. The average molecular weight is 1440 g/mol. The Hall–Kier alpha value is -1.94. The SMILES string of the molecule is CCC(C)CCCCCCCCCCCCCCCCC(=O)OC[C@H](COP(=O)(O)OCC(O)COP(=O)(O)OC[C@@H](COC(=O)CCCCCCCCCC(C)C)OC(=O)CCCCCCCCCCCCC(C)CC)OC(=O)CCCCCCCCCCCCCCCC(C)C. The van der Waals surface area contributed by atoms with Crippen LogP contribution in [0.3, 0.4) is 0 Å². The van der Waals surface area contributed by atoms with Gasteiger partial charge in [-0.25, -0.2) is 9.13 Å². The van der Waals surface area contributed by atoms with E-state index in [1.54, 1.807) is 0 Å². The first-order valence-corrected chi connectivity index (χ1v) is 43.8. The molecule has 0 aliphatic rings. The Morgan fingerprint density at radius 3 is 0.724 bits per heavy atom. The first-order valence-electron chi connectivity index (χ1n) is 40.8. The van der Waals surface area contributed by atoms with E-state index in [9.17, 15) is 43.2 Å². The molecule has 3 N–H and O–H groups in total. The Bertz CT molecular complexity index is 1920. The fourth-order valence-corrected chi connectivity index (χ4v) is 13.6. The highest BCUT2D eigenvalue weighted by Crippen LogP contribution is 2.45. The van der Waals surface area contributed by atoms with Crippen molar-refractivity contribution in [1.29, 1.82) is 0 Å². The van der Waals surface area contributed by atoms with Crippen LogP contribution in [0.2, 0.25) is 0 Å². The topological polar surface area (TPSA) is 237 Å². The summed E-state index contributed by atoms with van der Waals surface area (Å²) >= 11 is 0. The van der Waals surface area contributed by atoms with Crippen molar-refractivity contribution in [3.63, 3.8) is 0 Å². The lowest BCUT2D eigenvalue weighted by atomic mass is 9.99. The number of esters is 4. The molecule has 582 valence electrons. The number of hydrogen-bond donors (Lipinski definition) is 3. The van der Waals surface area contributed by atoms with Gasteiger partial charge in [0.2, 0.25) is 0 Å². The zero-order valence-electron chi connectivity index (χ0n) is 64.4. The summed E-state index contributed by atoms with van der Waals surface area (Å²) < 4.78 is 68.6. The molecule has 0 saturated heterocycles. The van der Waals surface area contributed by atoms with Gasteiger partial charge in [-0.1, -0.05) is 351 Å². The summed E-state index contributed by atoms with van der Waals surface area (Å²) in [5.74, 6) is 1.03. The van der Waals surface area contributed by atoms with Crippen molar-refractivity contribution in [3.05, 3.63) is 0 Å². The third-order valence-corrected chi connectivity index (χ3v) is 20.9. The highest BCUT2D eigenvalue weighted by molar-refractivity contribution is 7.47. The third kappa shape index (κ3) is 69.8. The summed E-state index contributed by atoms with van der Waals surface area (Å²) in [7, 11) is -9.92. The highest BCUT2D eigenvalue weighted by atomic mass is 31.2. The van der Waals surface area contributed by atoms with Crippen LogP contribution >= 0.6 is 15.6 Å². The fourth-order valence-electron chi connectivity index (χ4n) is 12.0. The lowest BCUT2D eigenvalue weighted by Crippen LogP contribution is -2.30. The molecule has 98 heavy (non-hydrogen) atoms. The molecule has 0 heterocycles. The van der Waals surface area contributed by atoms with E-state index in [1.165, 1.54) is 199 Å². The van der Waals surface area contributed by atoms with Gasteiger partial charge in [0.1, 0.15) is 19.3 Å². The first-order chi connectivity index (χ1) is 47.2. The standard InChI is InChI=1S/C79H154O17P2/c1-9-71(7)57-49-41-33-25-19-15-11-12-16-20-27-35-43-51-59-76(81)89-65-74(95-78(83)61-53-45-36-28-21-17-13-14-18-24-31-39-47-55-69(3)4)67-93-97(85,86)91-63-73(80)64-92-98(87,88)94-68-75(66-90-77(82)60-52-44-38-30-32-40-48-56-70(5)6)96-79(84)62-54-46-37-29-23-22-26-34-42-50-58-72(8)10-2/h69-75,80H,9-68H2,1-8H3,(H,85,86)(H,87,88)/t71?,72?,73?,74-,75-/m1/s1. The van der Waals surface area contributed by atoms with Gasteiger partial charge in [-0.3, -0.25) is 37.3 Å². The Balaban J connectivity index is 5.25. The Morgan fingerprint density at radius 2 is 0.490 bits per heavy atom. The van der Waals surface area contributed by atoms with E-state index >= 15 is 0 Å². The molecule has 0 spiro atoms. The summed E-state index contributed by atoms with van der Waals surface area (Å²) in [6.45, 7) is 14.3. The van der Waals surface area contributed by atoms with Crippen molar-refractivity contribution in [2.45, 2.75) is 420 Å². The van der Waals surface area contributed by atoms with Crippen LogP contribution in [0.5, 0.6) is 0 Å². The molecule has 0 aliphatic heterocycles. The lowest BCUT2D eigenvalue weighted by molar-refractivity contribution is -0.161. The molecule has 0 aromatic rings. The second-order valence-corrected chi connectivity index (χ2v) is 32.8. The van der Waals surface area contributed by atoms with E-state index in [0.717, 1.165) is 114 Å². The third-order valence-electron chi connectivity index (χ3n) is 19.0. The normalized spacial score (nSPS) is 14.6. The Morgan fingerprint density at radius 1 is 0.286 bits per heavy atom. The zero-order valence-corrected chi connectivity index (χ0v) is 66.2. The summed E-state index contributed by atoms with van der Waals surface area (Å²) in [6.07, 6.45) is 54.0. The van der Waals surface area contributed by atoms with Gasteiger partial charge < -0.3 is 33.8 Å². The van der Waals surface area contributed by atoms with E-state index < -0.39 is 97.5 Å². The van der Waals surface area contributed by atoms with Crippen molar-refractivity contribution in [2.24, 2.45) is 23.7 Å². The molecule has 0 rings (SSSR count). The predicted octanol–water partition coefficient (Wildman–Crippen LogP) is 23.2. The number of phosphoric ester groups is 2. The number of ether oxygens (including phenoxy) is 4. The Labute approximate surface area is 600 Å². The smallest absolute Gasteiger partial charge is 0.462 e. The maximum absolute atomic E-state index is 13.1. The molecule has 7 atom stereocenters. The number of hydrogen-bond acceptors (Lipinski definition) is 15. The van der Waals surface area contributed by atoms with Crippen LogP contribution in [-0.4, -0.2) is 96.7 Å². The minimum atomic E-state index is -4.96. The lowest BCUT2D eigenvalue weighted by Gasteiger charge is -2.21. The molecule has 0 aromatic heterocycles. The minimum absolute atomic E-state index is 0.105. The molecule has 0 aromatic carbocycles. The van der Waals surface area contributed by atoms with Crippen LogP contribution in [0.4, 0.5) is 0 Å². The Kier molecular flexibility index (Phi) is 66.8. The summed E-state index contributed by atoms with van der Waals surface area (Å²) in [4.78, 5) is 72.9. The predicted molar refractivity (Wildman–Crippen MR) is 400 cm³/mol. The minimum Gasteiger partial charge on any atom is -0.462 e. The van der Waals surface area contributed by atoms with Crippen molar-refractivity contribution >= 4 is 39.5 Å². The van der Waals surface area contributed by atoms with Crippen molar-refractivity contribution in [3.8, 4) is 0 Å². The van der Waals surface area contributed by atoms with Gasteiger partial charge in [0.05, 0.1) is 26.4 Å². The van der Waals surface area contributed by atoms with Crippen molar-refractivity contribution in [1.82, 2.24) is 0 Å². The molecule has 19 heteroatoms. The van der Waals surface area contributed by atoms with Gasteiger partial charge in [0.15, 0.2) is 12.2 Å². The summed E-state index contributed by atoms with van der Waals surface area (Å²) in [5.41, 5.74) is 0. The maximum atomic E-state index is 13.1. The molecule has 0 saturated carbocycles. The van der Waals surface area contributed by atoms with E-state index in [0.29, 0.717) is 31.6 Å². The molecular formula is C79H154O17P2. The van der Waals surface area contributed by atoms with Crippen molar-refractivity contribution < 1.29 is 80.2 Å². The monoisotopic (exact) mass is 1440 g/mol. The van der Waals surface area contributed by atoms with Crippen LogP contribution in [0, 0.1) is 23.7 Å².